The van der Waals surface area contributed by atoms with Crippen LogP contribution in [0.5, 0.6) is 5.75 Å². The summed E-state index contributed by atoms with van der Waals surface area (Å²) in [6, 6.07) is 19.0. The number of aryl methyl sites for hydroxylation is 1. The lowest BCUT2D eigenvalue weighted by Crippen LogP contribution is -2.29. The Morgan fingerprint density at radius 2 is 1.87 bits per heavy atom. The summed E-state index contributed by atoms with van der Waals surface area (Å²) in [7, 11) is 0. The first kappa shape index (κ1) is 24.8. The molecular formula is C28H21N3O6S. The normalized spacial score (nSPS) is 16.6. The van der Waals surface area contributed by atoms with E-state index in [1.54, 1.807) is 35.7 Å². The van der Waals surface area contributed by atoms with Crippen LogP contribution >= 0.6 is 11.3 Å². The molecule has 0 aliphatic carbocycles. The van der Waals surface area contributed by atoms with Crippen LogP contribution in [0.15, 0.2) is 89.9 Å². The highest BCUT2D eigenvalue weighted by Gasteiger charge is 2.48. The smallest absolute Gasteiger partial charge is 0.301 e. The van der Waals surface area contributed by atoms with Crippen LogP contribution in [0.3, 0.4) is 0 Å². The summed E-state index contributed by atoms with van der Waals surface area (Å²) in [5.74, 6) is -1.63. The Morgan fingerprint density at radius 3 is 2.55 bits per heavy atom. The van der Waals surface area contributed by atoms with Crippen molar-refractivity contribution in [3.63, 3.8) is 0 Å². The average Bonchev–Trinajstić information content (AvgIpc) is 3.54. The van der Waals surface area contributed by atoms with Gasteiger partial charge in [-0.25, -0.2) is 4.98 Å². The first-order chi connectivity index (χ1) is 18.3. The van der Waals surface area contributed by atoms with Crippen molar-refractivity contribution in [2.75, 3.05) is 4.90 Å². The number of amides is 1. The van der Waals surface area contributed by atoms with Crippen LogP contribution in [0.2, 0.25) is 0 Å². The molecule has 0 spiro atoms. The number of nitrogens with zero attached hydrogens (tertiary/aromatic N) is 3. The highest BCUT2D eigenvalue weighted by Crippen LogP contribution is 2.43. The second-order valence-corrected chi connectivity index (χ2v) is 9.51. The monoisotopic (exact) mass is 527 g/mol. The molecule has 10 heteroatoms. The number of ketones is 1. The molecule has 1 fully saturated rings. The summed E-state index contributed by atoms with van der Waals surface area (Å²) in [5, 5.41) is 24.5. The van der Waals surface area contributed by atoms with E-state index in [1.807, 2.05) is 31.2 Å². The van der Waals surface area contributed by atoms with Crippen LogP contribution in [0, 0.1) is 17.0 Å². The van der Waals surface area contributed by atoms with E-state index in [9.17, 15) is 24.8 Å². The van der Waals surface area contributed by atoms with E-state index in [0.717, 1.165) is 27.4 Å². The summed E-state index contributed by atoms with van der Waals surface area (Å²) in [6.45, 7) is 2.36. The van der Waals surface area contributed by atoms with E-state index < -0.39 is 28.4 Å². The molecule has 2 heterocycles. The lowest BCUT2D eigenvalue weighted by molar-refractivity contribution is -0.384. The number of ether oxygens (including phenoxy) is 1. The number of anilines is 1. The van der Waals surface area contributed by atoms with Crippen LogP contribution < -0.4 is 9.64 Å². The number of carbonyl (C=O) groups is 2. The average molecular weight is 528 g/mol. The molecule has 190 valence electrons. The maximum Gasteiger partial charge on any atom is 0.301 e. The standard InChI is InChI=1S/C28H21N3O6S/c1-17-4-2-5-18(14-17)16-37-22-10-8-19(9-11-22)25(32)23-24(20-6-3-7-21(15-20)31(35)36)30(27(34)26(23)33)28-29-12-13-38-28/h2-15,24,32H,16H2,1H3/t24-/m1/s1. The van der Waals surface area contributed by atoms with Gasteiger partial charge in [0, 0.05) is 29.3 Å². The molecule has 4 aromatic rings. The third-order valence-corrected chi connectivity index (χ3v) is 6.85. The second kappa shape index (κ2) is 10.3. The Hall–Kier alpha value is -4.83. The minimum absolute atomic E-state index is 0.181. The lowest BCUT2D eigenvalue weighted by Gasteiger charge is -2.22. The van der Waals surface area contributed by atoms with E-state index >= 15 is 0 Å². The van der Waals surface area contributed by atoms with Crippen LogP contribution in [0.4, 0.5) is 10.8 Å². The van der Waals surface area contributed by atoms with Crippen LogP contribution in [0.1, 0.15) is 28.3 Å². The predicted octanol–water partition coefficient (Wildman–Crippen LogP) is 5.57. The highest BCUT2D eigenvalue weighted by molar-refractivity contribution is 7.14. The van der Waals surface area contributed by atoms with Gasteiger partial charge in [0.2, 0.25) is 0 Å². The molecule has 1 aliphatic rings. The third-order valence-electron chi connectivity index (χ3n) is 6.08. The van der Waals surface area contributed by atoms with Crippen molar-refractivity contribution < 1.29 is 24.4 Å². The van der Waals surface area contributed by atoms with Crippen molar-refractivity contribution in [2.45, 2.75) is 19.6 Å². The zero-order valence-corrected chi connectivity index (χ0v) is 20.9. The Balaban J connectivity index is 1.52. The molecule has 0 radical (unpaired) electrons. The summed E-state index contributed by atoms with van der Waals surface area (Å²) in [5.41, 5.74) is 2.34. The molecule has 1 aromatic heterocycles. The number of benzene rings is 3. The molecule has 0 bridgehead atoms. The van der Waals surface area contributed by atoms with Gasteiger partial charge < -0.3 is 9.84 Å². The van der Waals surface area contributed by atoms with Gasteiger partial charge >= 0.3 is 5.91 Å². The fraction of sp³-hybridized carbons (Fsp3) is 0.107. The first-order valence-corrected chi connectivity index (χ1v) is 12.4. The Kier molecular flexibility index (Phi) is 6.71. The van der Waals surface area contributed by atoms with Crippen LogP contribution in [0.25, 0.3) is 5.76 Å². The van der Waals surface area contributed by atoms with E-state index in [2.05, 4.69) is 4.98 Å². The lowest BCUT2D eigenvalue weighted by atomic mass is 9.95. The van der Waals surface area contributed by atoms with Gasteiger partial charge in [-0.2, -0.15) is 0 Å². The largest absolute Gasteiger partial charge is 0.507 e. The quantitative estimate of drug-likeness (QED) is 0.110. The number of rotatable bonds is 7. The maximum absolute atomic E-state index is 13.2. The molecule has 1 N–H and O–H groups in total. The topological polar surface area (TPSA) is 123 Å². The van der Waals surface area contributed by atoms with Crippen LogP contribution in [-0.2, 0) is 16.2 Å². The minimum atomic E-state index is -1.10. The number of aliphatic hydroxyl groups excluding tert-OH is 1. The van der Waals surface area contributed by atoms with Gasteiger partial charge in [-0.1, -0.05) is 42.0 Å². The summed E-state index contributed by atoms with van der Waals surface area (Å²) in [6.07, 6.45) is 1.49. The first-order valence-electron chi connectivity index (χ1n) is 11.6. The molecule has 1 saturated heterocycles. The second-order valence-electron chi connectivity index (χ2n) is 8.64. The molecule has 3 aromatic carbocycles. The number of aliphatic hydroxyl groups is 1. The highest BCUT2D eigenvalue weighted by atomic mass is 32.1. The third kappa shape index (κ3) is 4.76. The summed E-state index contributed by atoms with van der Waals surface area (Å²) < 4.78 is 5.84. The number of Topliss-reactive ketones (excluding diaryl/α,β-unsaturated/α-hetero) is 1. The van der Waals surface area contributed by atoms with Crippen molar-refractivity contribution in [1.82, 2.24) is 4.98 Å². The minimum Gasteiger partial charge on any atom is -0.507 e. The van der Waals surface area contributed by atoms with Crippen molar-refractivity contribution in [3.05, 3.63) is 122 Å². The Morgan fingerprint density at radius 1 is 1.11 bits per heavy atom. The number of thiazole rings is 1. The molecule has 5 rings (SSSR count). The van der Waals surface area contributed by atoms with Gasteiger partial charge in [-0.3, -0.25) is 24.6 Å². The Bertz CT molecular complexity index is 1560. The fourth-order valence-electron chi connectivity index (χ4n) is 4.32. The van der Waals surface area contributed by atoms with Crippen molar-refractivity contribution in [1.29, 1.82) is 0 Å². The van der Waals surface area contributed by atoms with Gasteiger partial charge in [-0.05, 0) is 42.3 Å². The molecule has 1 amide bonds. The number of hydrogen-bond acceptors (Lipinski definition) is 8. The van der Waals surface area contributed by atoms with Gasteiger partial charge in [0.1, 0.15) is 18.1 Å². The Labute approximate surface area is 221 Å². The number of nitro benzene ring substituents is 1. The van der Waals surface area contributed by atoms with Crippen LogP contribution in [-0.4, -0.2) is 26.7 Å². The fourth-order valence-corrected chi connectivity index (χ4v) is 4.99. The summed E-state index contributed by atoms with van der Waals surface area (Å²) >= 11 is 1.14. The molecular weight excluding hydrogens is 506 g/mol. The molecule has 0 unspecified atom stereocenters. The number of hydrogen-bond donors (Lipinski definition) is 1. The number of nitro groups is 1. The van der Waals surface area contributed by atoms with E-state index in [0.29, 0.717) is 23.5 Å². The zero-order chi connectivity index (χ0) is 26.8. The SMILES string of the molecule is Cc1cccc(COc2ccc(C(O)=C3C(=O)C(=O)N(c4nccs4)[C@@H]3c3cccc([N+](=O)[O-])c3)cc2)c1. The number of carbonyl (C=O) groups excluding carboxylic acids is 2. The predicted molar refractivity (Wildman–Crippen MR) is 142 cm³/mol. The van der Waals surface area contributed by atoms with Gasteiger partial charge in [0.15, 0.2) is 5.13 Å². The maximum atomic E-state index is 13.2. The van der Waals surface area contributed by atoms with Gasteiger partial charge in [-0.15, -0.1) is 11.3 Å². The van der Waals surface area contributed by atoms with E-state index in [-0.39, 0.29) is 16.4 Å². The number of non-ortho nitro benzene ring substituents is 1. The summed E-state index contributed by atoms with van der Waals surface area (Å²) in [4.78, 5) is 42.5. The molecule has 9 nitrogen and oxygen atoms in total. The van der Waals surface area contributed by atoms with Crippen molar-refractivity contribution in [2.24, 2.45) is 0 Å². The van der Waals surface area contributed by atoms with E-state index in [4.69, 9.17) is 4.74 Å². The molecule has 0 saturated carbocycles. The molecule has 1 atom stereocenters. The van der Waals surface area contributed by atoms with Gasteiger partial charge in [0.25, 0.3) is 11.5 Å². The number of aromatic nitrogens is 1. The van der Waals surface area contributed by atoms with E-state index in [1.165, 1.54) is 24.4 Å². The van der Waals surface area contributed by atoms with Crippen molar-refractivity contribution >= 4 is 39.6 Å². The van der Waals surface area contributed by atoms with Gasteiger partial charge in [0.05, 0.1) is 16.5 Å². The zero-order valence-electron chi connectivity index (χ0n) is 20.1. The molecule has 38 heavy (non-hydrogen) atoms. The van der Waals surface area contributed by atoms with Crippen molar-refractivity contribution in [3.8, 4) is 5.75 Å². The molecule has 1 aliphatic heterocycles.